The summed E-state index contributed by atoms with van der Waals surface area (Å²) in [4.78, 5) is 31.3. The molecular weight excluding hydrogens is 262 g/mol. The third kappa shape index (κ3) is 2.92. The smallest absolute Gasteiger partial charge is 0.410 e. The van der Waals surface area contributed by atoms with Gasteiger partial charge in [-0.05, 0) is 27.7 Å². The zero-order valence-corrected chi connectivity index (χ0v) is 12.1. The highest BCUT2D eigenvalue weighted by molar-refractivity contribution is 5.86. The molecule has 7 heteroatoms. The fourth-order valence-electron chi connectivity index (χ4n) is 2.01. The Morgan fingerprint density at radius 2 is 2.00 bits per heavy atom. The molecular formula is C13H19N3O4. The Kier molecular flexibility index (Phi) is 3.45. The number of rotatable bonds is 2. The Morgan fingerprint density at radius 3 is 2.45 bits per heavy atom. The predicted molar refractivity (Wildman–Crippen MR) is 70.8 cm³/mol. The molecule has 110 valence electrons. The number of nitrogens with zero attached hydrogens (tertiary/aromatic N) is 2. The minimum Gasteiger partial charge on any atom is -0.476 e. The molecule has 0 bridgehead atoms. The van der Waals surface area contributed by atoms with Crippen LogP contribution in [0, 0.1) is 6.92 Å². The number of aromatic nitrogens is 2. The van der Waals surface area contributed by atoms with E-state index in [2.05, 4.69) is 9.97 Å². The third-order valence-electron chi connectivity index (χ3n) is 3.03. The normalized spacial score (nSPS) is 15.9. The molecule has 0 unspecified atom stereocenters. The van der Waals surface area contributed by atoms with Crippen LogP contribution in [0.2, 0.25) is 0 Å². The van der Waals surface area contributed by atoms with Crippen molar-refractivity contribution in [2.45, 2.75) is 39.2 Å². The second kappa shape index (κ2) is 4.81. The number of carboxylic acid groups (broad SMARTS) is 1. The van der Waals surface area contributed by atoms with Gasteiger partial charge in [0.05, 0.1) is 5.92 Å². The van der Waals surface area contributed by atoms with Crippen LogP contribution in [0.25, 0.3) is 0 Å². The van der Waals surface area contributed by atoms with Crippen LogP contribution in [-0.2, 0) is 4.74 Å². The fraction of sp³-hybridized carbons (Fsp3) is 0.615. The summed E-state index contributed by atoms with van der Waals surface area (Å²) in [5.74, 6) is -0.401. The number of hydrogen-bond donors (Lipinski definition) is 2. The van der Waals surface area contributed by atoms with Gasteiger partial charge >= 0.3 is 12.1 Å². The number of carbonyl (C=O) groups excluding carboxylic acids is 1. The number of aryl methyl sites for hydroxylation is 1. The van der Waals surface area contributed by atoms with Gasteiger partial charge in [-0.1, -0.05) is 0 Å². The van der Waals surface area contributed by atoms with Gasteiger partial charge in [0.1, 0.15) is 11.4 Å². The molecule has 2 heterocycles. The Labute approximate surface area is 116 Å². The summed E-state index contributed by atoms with van der Waals surface area (Å²) in [7, 11) is 0. The molecule has 1 aromatic heterocycles. The van der Waals surface area contributed by atoms with Crippen LogP contribution in [0.5, 0.6) is 0 Å². The average Bonchev–Trinajstić information content (AvgIpc) is 2.54. The van der Waals surface area contributed by atoms with Gasteiger partial charge in [0, 0.05) is 18.8 Å². The molecule has 1 aliphatic heterocycles. The first-order chi connectivity index (χ1) is 9.17. The maximum Gasteiger partial charge on any atom is 0.410 e. The number of amides is 1. The lowest BCUT2D eigenvalue weighted by molar-refractivity contribution is 0.00753. The molecule has 0 aromatic carbocycles. The van der Waals surface area contributed by atoms with Crippen LogP contribution in [0.15, 0.2) is 0 Å². The van der Waals surface area contributed by atoms with E-state index in [-0.39, 0.29) is 17.7 Å². The number of ether oxygens (including phenoxy) is 1. The van der Waals surface area contributed by atoms with E-state index in [9.17, 15) is 9.59 Å². The Balaban J connectivity index is 1.95. The molecule has 20 heavy (non-hydrogen) atoms. The number of imidazole rings is 1. The second-order valence-corrected chi connectivity index (χ2v) is 5.98. The van der Waals surface area contributed by atoms with Crippen molar-refractivity contribution in [3.63, 3.8) is 0 Å². The standard InChI is InChI=1S/C13H19N3O4/c1-7-9(11(17)18)15-10(14-7)8-5-16(6-8)12(19)20-13(2,3)4/h8H,5-6H2,1-4H3,(H,14,15)(H,17,18). The van der Waals surface area contributed by atoms with Crippen molar-refractivity contribution >= 4 is 12.1 Å². The van der Waals surface area contributed by atoms with Crippen molar-refractivity contribution in [1.82, 2.24) is 14.9 Å². The monoisotopic (exact) mass is 281 g/mol. The Morgan fingerprint density at radius 1 is 1.40 bits per heavy atom. The van der Waals surface area contributed by atoms with Crippen molar-refractivity contribution < 1.29 is 19.4 Å². The number of carboxylic acids is 1. The highest BCUT2D eigenvalue weighted by atomic mass is 16.6. The SMILES string of the molecule is Cc1[nH]c(C2CN(C(=O)OC(C)(C)C)C2)nc1C(=O)O. The van der Waals surface area contributed by atoms with Crippen LogP contribution in [-0.4, -0.2) is 50.7 Å². The Bertz CT molecular complexity index is 538. The lowest BCUT2D eigenvalue weighted by Gasteiger charge is -2.38. The van der Waals surface area contributed by atoms with Gasteiger partial charge in [-0.25, -0.2) is 14.6 Å². The molecule has 2 rings (SSSR count). The third-order valence-corrected chi connectivity index (χ3v) is 3.03. The lowest BCUT2D eigenvalue weighted by Crippen LogP contribution is -2.50. The average molecular weight is 281 g/mol. The molecule has 0 atom stereocenters. The van der Waals surface area contributed by atoms with Gasteiger partial charge in [0.25, 0.3) is 0 Å². The molecule has 0 spiro atoms. The summed E-state index contributed by atoms with van der Waals surface area (Å²) < 4.78 is 5.26. The molecule has 0 aliphatic carbocycles. The number of nitrogens with one attached hydrogen (secondary N) is 1. The molecule has 0 saturated carbocycles. The molecule has 1 aromatic rings. The summed E-state index contributed by atoms with van der Waals surface area (Å²) in [6.07, 6.45) is -0.351. The largest absolute Gasteiger partial charge is 0.476 e. The van der Waals surface area contributed by atoms with E-state index in [1.807, 2.05) is 20.8 Å². The Hall–Kier alpha value is -2.05. The number of hydrogen-bond acceptors (Lipinski definition) is 4. The van der Waals surface area contributed by atoms with Crippen molar-refractivity contribution in [2.24, 2.45) is 0 Å². The second-order valence-electron chi connectivity index (χ2n) is 5.98. The first-order valence-corrected chi connectivity index (χ1v) is 6.45. The first kappa shape index (κ1) is 14.4. The zero-order chi connectivity index (χ0) is 15.1. The van der Waals surface area contributed by atoms with E-state index in [4.69, 9.17) is 9.84 Å². The molecule has 0 radical (unpaired) electrons. The van der Waals surface area contributed by atoms with E-state index >= 15 is 0 Å². The summed E-state index contributed by atoms with van der Waals surface area (Å²) in [5, 5.41) is 8.95. The number of carbonyl (C=O) groups is 2. The van der Waals surface area contributed by atoms with Crippen molar-refractivity contribution in [3.05, 3.63) is 17.2 Å². The maximum absolute atomic E-state index is 11.8. The van der Waals surface area contributed by atoms with Gasteiger partial charge in [-0.15, -0.1) is 0 Å². The molecule has 1 fully saturated rings. The van der Waals surface area contributed by atoms with Gasteiger partial charge in [-0.3, -0.25) is 0 Å². The summed E-state index contributed by atoms with van der Waals surface area (Å²) in [5.41, 5.74) is 0.0545. The minimum atomic E-state index is -1.05. The molecule has 1 aliphatic rings. The molecule has 1 amide bonds. The highest BCUT2D eigenvalue weighted by Crippen LogP contribution is 2.27. The van der Waals surface area contributed by atoms with Crippen LogP contribution < -0.4 is 0 Å². The first-order valence-electron chi connectivity index (χ1n) is 6.45. The van der Waals surface area contributed by atoms with Crippen LogP contribution >= 0.6 is 0 Å². The maximum atomic E-state index is 11.8. The fourth-order valence-corrected chi connectivity index (χ4v) is 2.01. The quantitative estimate of drug-likeness (QED) is 0.861. The predicted octanol–water partition coefficient (Wildman–Crippen LogP) is 1.75. The number of likely N-dealkylation sites (tertiary alicyclic amines) is 1. The van der Waals surface area contributed by atoms with E-state index in [0.717, 1.165) is 0 Å². The molecule has 2 N–H and O–H groups in total. The van der Waals surface area contributed by atoms with Crippen molar-refractivity contribution in [2.75, 3.05) is 13.1 Å². The van der Waals surface area contributed by atoms with Gasteiger partial charge in [0.15, 0.2) is 5.69 Å². The molecule has 1 saturated heterocycles. The highest BCUT2D eigenvalue weighted by Gasteiger charge is 2.36. The topological polar surface area (TPSA) is 95.5 Å². The number of aromatic carboxylic acids is 1. The van der Waals surface area contributed by atoms with Crippen molar-refractivity contribution in [1.29, 1.82) is 0 Å². The summed E-state index contributed by atoms with van der Waals surface area (Å²) >= 11 is 0. The van der Waals surface area contributed by atoms with E-state index < -0.39 is 11.6 Å². The van der Waals surface area contributed by atoms with E-state index in [1.54, 1.807) is 11.8 Å². The molecule has 7 nitrogen and oxygen atoms in total. The van der Waals surface area contributed by atoms with Gasteiger partial charge in [0.2, 0.25) is 0 Å². The number of H-pyrrole nitrogens is 1. The van der Waals surface area contributed by atoms with Gasteiger partial charge < -0.3 is 19.7 Å². The zero-order valence-electron chi connectivity index (χ0n) is 12.1. The number of aromatic amines is 1. The van der Waals surface area contributed by atoms with Crippen molar-refractivity contribution in [3.8, 4) is 0 Å². The van der Waals surface area contributed by atoms with Crippen LogP contribution in [0.3, 0.4) is 0 Å². The van der Waals surface area contributed by atoms with Gasteiger partial charge in [-0.2, -0.15) is 0 Å². The summed E-state index contributed by atoms with van der Waals surface area (Å²) in [6.45, 7) is 8.09. The minimum absolute atomic E-state index is 0.0364. The van der Waals surface area contributed by atoms with E-state index in [0.29, 0.717) is 24.6 Å². The van der Waals surface area contributed by atoms with Crippen LogP contribution in [0.4, 0.5) is 4.79 Å². The lowest BCUT2D eigenvalue weighted by atomic mass is 10.0. The summed E-state index contributed by atoms with van der Waals surface area (Å²) in [6, 6.07) is 0. The van der Waals surface area contributed by atoms with E-state index in [1.165, 1.54) is 0 Å². The van der Waals surface area contributed by atoms with Crippen LogP contribution in [0.1, 0.15) is 48.7 Å².